The van der Waals surface area contributed by atoms with Gasteiger partial charge in [0.2, 0.25) is 5.89 Å². The normalized spacial score (nSPS) is 10.1. The lowest BCUT2D eigenvalue weighted by Gasteiger charge is -2.08. The minimum atomic E-state index is 0.579. The van der Waals surface area contributed by atoms with E-state index in [2.05, 4.69) is 16.2 Å². The molecule has 0 unspecified atom stereocenters. The molecular formula is C13H14N4O. The number of nitriles is 1. The zero-order valence-corrected chi connectivity index (χ0v) is 10.4. The zero-order chi connectivity index (χ0) is 13.0. The highest BCUT2D eigenvalue weighted by molar-refractivity contribution is 5.33. The molecule has 0 aliphatic heterocycles. The fourth-order valence-corrected chi connectivity index (χ4v) is 1.49. The van der Waals surface area contributed by atoms with Gasteiger partial charge in [-0.1, -0.05) is 12.1 Å². The maximum atomic E-state index is 8.71. The summed E-state index contributed by atoms with van der Waals surface area (Å²) in [6.07, 6.45) is 0.580. The van der Waals surface area contributed by atoms with Gasteiger partial charge in [-0.15, -0.1) is 0 Å². The third-order valence-electron chi connectivity index (χ3n) is 2.71. The van der Waals surface area contributed by atoms with Crippen molar-refractivity contribution in [1.29, 1.82) is 5.26 Å². The Morgan fingerprint density at radius 2 is 2.06 bits per heavy atom. The van der Waals surface area contributed by atoms with E-state index < -0.39 is 0 Å². The van der Waals surface area contributed by atoms with Crippen molar-refractivity contribution in [2.24, 2.45) is 0 Å². The molecule has 1 heterocycles. The van der Waals surface area contributed by atoms with Crippen molar-refractivity contribution in [1.82, 2.24) is 10.1 Å². The first-order valence-electron chi connectivity index (χ1n) is 5.75. The molecule has 0 atom stereocenters. The molecule has 18 heavy (non-hydrogen) atoms. The van der Waals surface area contributed by atoms with Crippen molar-refractivity contribution in [2.45, 2.75) is 13.3 Å². The predicted octanol–water partition coefficient (Wildman–Crippen LogP) is 1.99. The number of nitrogens with zero attached hydrogens (tertiary/aromatic N) is 4. The van der Waals surface area contributed by atoms with Gasteiger partial charge in [0, 0.05) is 13.6 Å². The fourth-order valence-electron chi connectivity index (χ4n) is 1.49. The molecule has 0 amide bonds. The van der Waals surface area contributed by atoms with E-state index >= 15 is 0 Å². The largest absolute Gasteiger partial charge is 0.342 e. The first-order valence-corrected chi connectivity index (χ1v) is 5.75. The summed E-state index contributed by atoms with van der Waals surface area (Å²) in [5.74, 6) is 1.18. The van der Waals surface area contributed by atoms with Crippen LogP contribution >= 0.6 is 0 Å². The summed E-state index contributed by atoms with van der Waals surface area (Å²) < 4.78 is 5.18. The van der Waals surface area contributed by atoms with Gasteiger partial charge in [-0.3, -0.25) is 0 Å². The smallest absolute Gasteiger partial charge is 0.265 e. The summed E-state index contributed by atoms with van der Waals surface area (Å²) in [5, 5.41) is 12.6. The predicted molar refractivity (Wildman–Crippen MR) is 67.2 cm³/mol. The van der Waals surface area contributed by atoms with Gasteiger partial charge in [-0.05, 0) is 29.8 Å². The number of aromatic nitrogens is 2. The lowest BCUT2D eigenvalue weighted by Crippen LogP contribution is -2.17. The molecule has 0 aliphatic rings. The third kappa shape index (κ3) is 2.66. The first-order chi connectivity index (χ1) is 8.72. The summed E-state index contributed by atoms with van der Waals surface area (Å²) in [7, 11) is 1.91. The van der Waals surface area contributed by atoms with Crippen LogP contribution in [0.25, 0.3) is 0 Å². The lowest BCUT2D eigenvalue weighted by molar-refractivity contribution is 0.384. The molecule has 2 aromatic rings. The van der Waals surface area contributed by atoms with Crippen LogP contribution in [0.15, 0.2) is 28.8 Å². The van der Waals surface area contributed by atoms with Gasteiger partial charge in [0.1, 0.15) is 0 Å². The van der Waals surface area contributed by atoms with Crippen LogP contribution in [-0.2, 0) is 6.42 Å². The number of hydrogen-bond donors (Lipinski definition) is 0. The zero-order valence-electron chi connectivity index (χ0n) is 10.4. The molecule has 5 nitrogen and oxygen atoms in total. The lowest BCUT2D eigenvalue weighted by atomic mass is 10.1. The second-order valence-corrected chi connectivity index (χ2v) is 3.99. The Kier molecular flexibility index (Phi) is 3.58. The van der Waals surface area contributed by atoms with Crippen molar-refractivity contribution in [3.05, 3.63) is 41.3 Å². The summed E-state index contributed by atoms with van der Waals surface area (Å²) in [6.45, 7) is 2.85. The van der Waals surface area contributed by atoms with E-state index in [0.29, 0.717) is 23.8 Å². The minimum absolute atomic E-state index is 0.579. The Morgan fingerprint density at radius 3 is 2.67 bits per heavy atom. The Balaban J connectivity index is 2.09. The van der Waals surface area contributed by atoms with Gasteiger partial charge in [0.15, 0.2) is 0 Å². The average molecular weight is 242 g/mol. The van der Waals surface area contributed by atoms with Crippen LogP contribution in [0, 0.1) is 11.3 Å². The molecule has 0 saturated heterocycles. The van der Waals surface area contributed by atoms with E-state index in [1.807, 2.05) is 31.0 Å². The van der Waals surface area contributed by atoms with Gasteiger partial charge >= 0.3 is 0 Å². The highest BCUT2D eigenvalue weighted by atomic mass is 16.5. The molecule has 0 radical (unpaired) electrons. The molecule has 0 saturated carbocycles. The fraction of sp³-hybridized carbons (Fsp3) is 0.308. The maximum absolute atomic E-state index is 8.71. The Labute approximate surface area is 106 Å². The van der Waals surface area contributed by atoms with Crippen molar-refractivity contribution in [3.63, 3.8) is 0 Å². The van der Waals surface area contributed by atoms with Crippen molar-refractivity contribution < 1.29 is 4.52 Å². The van der Waals surface area contributed by atoms with E-state index in [9.17, 15) is 0 Å². The Bertz CT molecular complexity index is 553. The van der Waals surface area contributed by atoms with Gasteiger partial charge in [-0.2, -0.15) is 10.2 Å². The number of rotatable bonds is 4. The molecule has 0 fully saturated rings. The van der Waals surface area contributed by atoms with E-state index in [-0.39, 0.29) is 0 Å². The number of benzene rings is 1. The van der Waals surface area contributed by atoms with Crippen molar-refractivity contribution >= 4 is 5.95 Å². The molecule has 1 aromatic carbocycles. The monoisotopic (exact) mass is 242 g/mol. The van der Waals surface area contributed by atoms with Crippen LogP contribution in [0.2, 0.25) is 0 Å². The third-order valence-corrected chi connectivity index (χ3v) is 2.71. The van der Waals surface area contributed by atoms with E-state index in [0.717, 1.165) is 12.1 Å². The summed E-state index contributed by atoms with van der Waals surface area (Å²) >= 11 is 0. The highest BCUT2D eigenvalue weighted by Crippen LogP contribution is 2.12. The van der Waals surface area contributed by atoms with Crippen molar-refractivity contribution in [2.75, 3.05) is 18.5 Å². The van der Waals surface area contributed by atoms with Crippen LogP contribution in [-0.4, -0.2) is 23.7 Å². The summed E-state index contributed by atoms with van der Waals surface area (Å²) in [5.41, 5.74) is 1.69. The molecule has 92 valence electrons. The van der Waals surface area contributed by atoms with Crippen LogP contribution in [0.4, 0.5) is 5.95 Å². The highest BCUT2D eigenvalue weighted by Gasteiger charge is 2.09. The SMILES string of the molecule is CCN(C)c1noc(Cc2ccc(C#N)cc2)n1. The van der Waals surface area contributed by atoms with E-state index in [4.69, 9.17) is 9.78 Å². The van der Waals surface area contributed by atoms with Gasteiger partial charge in [0.25, 0.3) is 5.95 Å². The number of anilines is 1. The quantitative estimate of drug-likeness (QED) is 0.820. The molecule has 0 N–H and O–H groups in total. The van der Waals surface area contributed by atoms with Crippen LogP contribution in [0.5, 0.6) is 0 Å². The molecule has 0 spiro atoms. The molecule has 2 rings (SSSR count). The Morgan fingerprint density at radius 1 is 1.33 bits per heavy atom. The summed E-state index contributed by atoms with van der Waals surface area (Å²) in [6, 6.07) is 9.44. The average Bonchev–Trinajstić information content (AvgIpc) is 2.87. The standard InChI is InChI=1S/C13H14N4O/c1-3-17(2)13-15-12(18-16-13)8-10-4-6-11(9-14)7-5-10/h4-7H,3,8H2,1-2H3. The Hall–Kier alpha value is -2.35. The number of hydrogen-bond acceptors (Lipinski definition) is 5. The van der Waals surface area contributed by atoms with Crippen LogP contribution < -0.4 is 4.90 Å². The molecular weight excluding hydrogens is 228 g/mol. The second kappa shape index (κ2) is 5.32. The summed E-state index contributed by atoms with van der Waals surface area (Å²) in [4.78, 5) is 6.21. The van der Waals surface area contributed by atoms with Crippen LogP contribution in [0.3, 0.4) is 0 Å². The molecule has 0 aliphatic carbocycles. The topological polar surface area (TPSA) is 66.0 Å². The molecule has 1 aromatic heterocycles. The van der Waals surface area contributed by atoms with E-state index in [1.54, 1.807) is 12.1 Å². The van der Waals surface area contributed by atoms with Gasteiger partial charge in [-0.25, -0.2) is 0 Å². The van der Waals surface area contributed by atoms with E-state index in [1.165, 1.54) is 0 Å². The van der Waals surface area contributed by atoms with Crippen molar-refractivity contribution in [3.8, 4) is 6.07 Å². The van der Waals surface area contributed by atoms with Gasteiger partial charge in [0.05, 0.1) is 18.1 Å². The first kappa shape index (κ1) is 12.1. The second-order valence-electron chi connectivity index (χ2n) is 3.99. The van der Waals surface area contributed by atoms with Gasteiger partial charge < -0.3 is 9.42 Å². The minimum Gasteiger partial charge on any atom is -0.342 e. The maximum Gasteiger partial charge on any atom is 0.265 e. The van der Waals surface area contributed by atoms with Crippen LogP contribution in [0.1, 0.15) is 23.9 Å². The molecule has 5 heteroatoms. The molecule has 0 bridgehead atoms.